The minimum absolute atomic E-state index is 0.184. The van der Waals surface area contributed by atoms with E-state index in [0.717, 1.165) is 18.4 Å². The van der Waals surface area contributed by atoms with Gasteiger partial charge >= 0.3 is 0 Å². The van der Waals surface area contributed by atoms with Gasteiger partial charge in [0.15, 0.2) is 5.78 Å². The topological polar surface area (TPSA) is 63.2 Å². The molecule has 0 amide bonds. The molecule has 0 saturated carbocycles. The lowest BCUT2D eigenvalue weighted by atomic mass is 10.1. The molecule has 0 aromatic heterocycles. The smallest absolute Gasteiger partial charge is 0.261 e. The molecular formula is C17H19NO3S. The number of sulfonamides is 1. The zero-order valence-corrected chi connectivity index (χ0v) is 13.5. The average Bonchev–Trinajstić information content (AvgIpc) is 2.48. The summed E-state index contributed by atoms with van der Waals surface area (Å²) >= 11 is 0. The molecule has 2 aromatic rings. The molecule has 0 fully saturated rings. The highest BCUT2D eigenvalue weighted by molar-refractivity contribution is 7.92. The van der Waals surface area contributed by atoms with E-state index in [4.69, 9.17) is 0 Å². The molecule has 5 heteroatoms. The number of para-hydroxylation sites is 1. The molecule has 4 nitrogen and oxygen atoms in total. The molecule has 0 saturated heterocycles. The maximum Gasteiger partial charge on any atom is 0.261 e. The van der Waals surface area contributed by atoms with Gasteiger partial charge in [-0.1, -0.05) is 37.6 Å². The van der Waals surface area contributed by atoms with Gasteiger partial charge in [0.25, 0.3) is 10.0 Å². The number of hydrogen-bond donors (Lipinski definition) is 1. The molecule has 0 radical (unpaired) electrons. The monoisotopic (exact) mass is 317 g/mol. The van der Waals surface area contributed by atoms with Gasteiger partial charge < -0.3 is 0 Å². The molecule has 22 heavy (non-hydrogen) atoms. The van der Waals surface area contributed by atoms with Crippen LogP contribution in [-0.4, -0.2) is 14.2 Å². The Bertz CT molecular complexity index is 765. The molecule has 2 rings (SSSR count). The first-order chi connectivity index (χ1) is 10.4. The second-order valence-electron chi connectivity index (χ2n) is 5.10. The van der Waals surface area contributed by atoms with Crippen molar-refractivity contribution in [3.8, 4) is 0 Å². The van der Waals surface area contributed by atoms with Crippen molar-refractivity contribution in [3.05, 3.63) is 59.7 Å². The summed E-state index contributed by atoms with van der Waals surface area (Å²) in [6.07, 6.45) is 1.93. The average molecular weight is 317 g/mol. The van der Waals surface area contributed by atoms with Crippen molar-refractivity contribution >= 4 is 21.5 Å². The Morgan fingerprint density at radius 1 is 1.05 bits per heavy atom. The van der Waals surface area contributed by atoms with Gasteiger partial charge in [-0.25, -0.2) is 8.42 Å². The highest BCUT2D eigenvalue weighted by Crippen LogP contribution is 2.21. The summed E-state index contributed by atoms with van der Waals surface area (Å²) in [5, 5.41) is 0. The Hall–Kier alpha value is -2.14. The molecule has 0 aliphatic heterocycles. The van der Waals surface area contributed by atoms with Gasteiger partial charge in [0, 0.05) is 5.56 Å². The fraction of sp³-hybridized carbons (Fsp3) is 0.235. The molecule has 0 unspecified atom stereocenters. The molecule has 116 valence electrons. The minimum atomic E-state index is -3.70. The Labute approximate surface area is 131 Å². The number of anilines is 1. The van der Waals surface area contributed by atoms with Crippen molar-refractivity contribution < 1.29 is 13.2 Å². The number of benzene rings is 2. The van der Waals surface area contributed by atoms with Crippen LogP contribution in [0, 0.1) is 0 Å². The summed E-state index contributed by atoms with van der Waals surface area (Å²) in [5.74, 6) is -0.184. The van der Waals surface area contributed by atoms with Crippen molar-refractivity contribution in [1.82, 2.24) is 0 Å². The van der Waals surface area contributed by atoms with E-state index in [9.17, 15) is 13.2 Å². The van der Waals surface area contributed by atoms with E-state index in [1.807, 2.05) is 12.1 Å². The quantitative estimate of drug-likeness (QED) is 0.827. The SMILES string of the molecule is CCCc1ccc(S(=O)(=O)Nc2ccccc2C(C)=O)cc1. The van der Waals surface area contributed by atoms with Gasteiger partial charge in [-0.2, -0.15) is 0 Å². The molecule has 0 heterocycles. The van der Waals surface area contributed by atoms with E-state index in [2.05, 4.69) is 11.6 Å². The van der Waals surface area contributed by atoms with Crippen molar-refractivity contribution in [2.75, 3.05) is 4.72 Å². The summed E-state index contributed by atoms with van der Waals surface area (Å²) in [6, 6.07) is 13.4. The Morgan fingerprint density at radius 2 is 1.68 bits per heavy atom. The fourth-order valence-corrected chi connectivity index (χ4v) is 3.29. The standard InChI is InChI=1S/C17H19NO3S/c1-3-6-14-9-11-15(12-10-14)22(20,21)18-17-8-5-4-7-16(17)13(2)19/h4-5,7-12,18H,3,6H2,1-2H3. The van der Waals surface area contributed by atoms with E-state index in [1.54, 1.807) is 36.4 Å². The molecular weight excluding hydrogens is 298 g/mol. The van der Waals surface area contributed by atoms with Gasteiger partial charge in [-0.15, -0.1) is 0 Å². The summed E-state index contributed by atoms with van der Waals surface area (Å²) in [7, 11) is -3.70. The van der Waals surface area contributed by atoms with E-state index in [1.165, 1.54) is 6.92 Å². The second kappa shape index (κ2) is 6.75. The van der Waals surface area contributed by atoms with Crippen LogP contribution < -0.4 is 4.72 Å². The van der Waals surface area contributed by atoms with Crippen molar-refractivity contribution in [2.45, 2.75) is 31.6 Å². The number of aryl methyl sites for hydroxylation is 1. The third-order valence-corrected chi connectivity index (χ3v) is 4.70. The lowest BCUT2D eigenvalue weighted by Gasteiger charge is -2.11. The van der Waals surface area contributed by atoms with Crippen LogP contribution in [0.2, 0.25) is 0 Å². The lowest BCUT2D eigenvalue weighted by molar-refractivity contribution is 0.101. The zero-order chi connectivity index (χ0) is 16.2. The van der Waals surface area contributed by atoms with E-state index in [-0.39, 0.29) is 10.7 Å². The number of nitrogens with one attached hydrogen (secondary N) is 1. The first-order valence-electron chi connectivity index (χ1n) is 7.16. The van der Waals surface area contributed by atoms with Crippen LogP contribution in [0.5, 0.6) is 0 Å². The second-order valence-corrected chi connectivity index (χ2v) is 6.78. The van der Waals surface area contributed by atoms with Gasteiger partial charge in [0.2, 0.25) is 0 Å². The molecule has 0 atom stereocenters. The van der Waals surface area contributed by atoms with Crippen molar-refractivity contribution in [1.29, 1.82) is 0 Å². The zero-order valence-electron chi connectivity index (χ0n) is 12.7. The highest BCUT2D eigenvalue weighted by atomic mass is 32.2. The Morgan fingerprint density at radius 3 is 2.27 bits per heavy atom. The van der Waals surface area contributed by atoms with Crippen molar-refractivity contribution in [3.63, 3.8) is 0 Å². The van der Waals surface area contributed by atoms with Crippen LogP contribution in [0.4, 0.5) is 5.69 Å². The molecule has 1 N–H and O–H groups in total. The van der Waals surface area contributed by atoms with Crippen LogP contribution in [0.15, 0.2) is 53.4 Å². The largest absolute Gasteiger partial charge is 0.294 e. The normalized spacial score (nSPS) is 11.2. The number of Topliss-reactive ketones (excluding diaryl/α,β-unsaturated/α-hetero) is 1. The number of carbonyl (C=O) groups is 1. The first kappa shape index (κ1) is 16.2. The third-order valence-electron chi connectivity index (χ3n) is 3.32. The summed E-state index contributed by atoms with van der Waals surface area (Å²) in [5.41, 5.74) is 1.76. The van der Waals surface area contributed by atoms with Gasteiger partial charge in [0.05, 0.1) is 10.6 Å². The van der Waals surface area contributed by atoms with Crippen molar-refractivity contribution in [2.24, 2.45) is 0 Å². The maximum atomic E-state index is 12.4. The molecule has 0 bridgehead atoms. The van der Waals surface area contributed by atoms with E-state index in [0.29, 0.717) is 11.3 Å². The first-order valence-corrected chi connectivity index (χ1v) is 8.64. The predicted octanol–water partition coefficient (Wildman–Crippen LogP) is 3.64. The van der Waals surface area contributed by atoms with E-state index < -0.39 is 10.0 Å². The van der Waals surface area contributed by atoms with Gasteiger partial charge in [0.1, 0.15) is 0 Å². The van der Waals surface area contributed by atoms with Crippen LogP contribution in [0.1, 0.15) is 36.2 Å². The lowest BCUT2D eigenvalue weighted by Crippen LogP contribution is -2.15. The predicted molar refractivity (Wildman–Crippen MR) is 87.7 cm³/mol. The van der Waals surface area contributed by atoms with Gasteiger partial charge in [-0.05, 0) is 43.2 Å². The molecule has 0 spiro atoms. The van der Waals surface area contributed by atoms with Crippen LogP contribution in [0.25, 0.3) is 0 Å². The van der Waals surface area contributed by atoms with E-state index >= 15 is 0 Å². The Balaban J connectivity index is 2.30. The fourth-order valence-electron chi connectivity index (χ4n) is 2.21. The highest BCUT2D eigenvalue weighted by Gasteiger charge is 2.17. The molecule has 2 aromatic carbocycles. The summed E-state index contributed by atoms with van der Waals surface area (Å²) in [6.45, 7) is 3.48. The van der Waals surface area contributed by atoms with Crippen LogP contribution >= 0.6 is 0 Å². The van der Waals surface area contributed by atoms with Gasteiger partial charge in [-0.3, -0.25) is 9.52 Å². The number of rotatable bonds is 6. The molecule has 0 aliphatic carbocycles. The number of carbonyl (C=O) groups excluding carboxylic acids is 1. The summed E-state index contributed by atoms with van der Waals surface area (Å²) < 4.78 is 27.3. The Kier molecular flexibility index (Phi) is 4.98. The minimum Gasteiger partial charge on any atom is -0.294 e. The van der Waals surface area contributed by atoms with Crippen LogP contribution in [-0.2, 0) is 16.4 Å². The third kappa shape index (κ3) is 3.74. The molecule has 0 aliphatic rings. The maximum absolute atomic E-state index is 12.4. The number of ketones is 1. The number of hydrogen-bond acceptors (Lipinski definition) is 3. The van der Waals surface area contributed by atoms with Crippen LogP contribution in [0.3, 0.4) is 0 Å². The summed E-state index contributed by atoms with van der Waals surface area (Å²) in [4.78, 5) is 11.8.